The predicted molar refractivity (Wildman–Crippen MR) is 112 cm³/mol. The molecule has 0 aliphatic carbocycles. The molecular formula is C20H23ClN4O4. The first kappa shape index (κ1) is 22.3. The predicted octanol–water partition coefficient (Wildman–Crippen LogP) is 3.39. The van der Waals surface area contributed by atoms with Gasteiger partial charge in [-0.1, -0.05) is 48.9 Å². The van der Waals surface area contributed by atoms with Gasteiger partial charge in [-0.25, -0.2) is 0 Å². The van der Waals surface area contributed by atoms with Gasteiger partial charge in [-0.05, 0) is 25.1 Å². The topological polar surface area (TPSA) is 105 Å². The first-order chi connectivity index (χ1) is 13.9. The van der Waals surface area contributed by atoms with Crippen LogP contribution in [0.15, 0.2) is 48.5 Å². The summed E-state index contributed by atoms with van der Waals surface area (Å²) >= 11 is 6.11. The molecule has 2 rings (SSSR count). The number of hydrogen-bond acceptors (Lipinski definition) is 5. The second-order valence-corrected chi connectivity index (χ2v) is 6.65. The lowest BCUT2D eigenvalue weighted by Gasteiger charge is -2.29. The summed E-state index contributed by atoms with van der Waals surface area (Å²) in [7, 11) is 0. The average molecular weight is 419 g/mol. The zero-order chi connectivity index (χ0) is 21.4. The number of amides is 2. The van der Waals surface area contributed by atoms with Gasteiger partial charge in [-0.3, -0.25) is 24.6 Å². The quantitative estimate of drug-likeness (QED) is 0.479. The van der Waals surface area contributed by atoms with Crippen LogP contribution >= 0.6 is 11.6 Å². The van der Waals surface area contributed by atoms with E-state index in [-0.39, 0.29) is 28.8 Å². The SMILES string of the molecule is CCNC(=O)CN(CC)[C@@H](C(=O)Nc1ccc([N+](=O)[O-])cc1Cl)c1ccccc1. The van der Waals surface area contributed by atoms with E-state index in [9.17, 15) is 19.7 Å². The second-order valence-electron chi connectivity index (χ2n) is 6.24. The zero-order valence-electron chi connectivity index (χ0n) is 16.2. The summed E-state index contributed by atoms with van der Waals surface area (Å²) in [5.74, 6) is -0.574. The van der Waals surface area contributed by atoms with Crippen LogP contribution in [-0.2, 0) is 9.59 Å². The van der Waals surface area contributed by atoms with E-state index in [0.29, 0.717) is 18.7 Å². The molecule has 2 amide bonds. The van der Waals surface area contributed by atoms with Gasteiger partial charge in [0.1, 0.15) is 6.04 Å². The summed E-state index contributed by atoms with van der Waals surface area (Å²) in [6, 6.07) is 12.2. The van der Waals surface area contributed by atoms with Crippen molar-refractivity contribution < 1.29 is 14.5 Å². The maximum Gasteiger partial charge on any atom is 0.271 e. The van der Waals surface area contributed by atoms with E-state index >= 15 is 0 Å². The number of non-ortho nitro benzene ring substituents is 1. The Bertz CT molecular complexity index is 876. The van der Waals surface area contributed by atoms with E-state index in [1.807, 2.05) is 44.2 Å². The average Bonchev–Trinajstić information content (AvgIpc) is 2.69. The van der Waals surface area contributed by atoms with Crippen LogP contribution in [0.3, 0.4) is 0 Å². The molecule has 0 radical (unpaired) electrons. The van der Waals surface area contributed by atoms with Crippen molar-refractivity contribution in [3.8, 4) is 0 Å². The summed E-state index contributed by atoms with van der Waals surface area (Å²) in [4.78, 5) is 37.3. The maximum atomic E-state index is 13.1. The number of carbonyl (C=O) groups is 2. The Morgan fingerprint density at radius 2 is 1.86 bits per heavy atom. The van der Waals surface area contributed by atoms with Crippen LogP contribution in [0.5, 0.6) is 0 Å². The summed E-state index contributed by atoms with van der Waals surface area (Å²) in [6.45, 7) is 4.69. The highest BCUT2D eigenvalue weighted by molar-refractivity contribution is 6.34. The van der Waals surface area contributed by atoms with Gasteiger partial charge >= 0.3 is 0 Å². The van der Waals surface area contributed by atoms with E-state index in [1.165, 1.54) is 18.2 Å². The van der Waals surface area contributed by atoms with Gasteiger partial charge in [-0.2, -0.15) is 0 Å². The lowest BCUT2D eigenvalue weighted by atomic mass is 10.0. The molecule has 0 aliphatic heterocycles. The molecule has 0 saturated carbocycles. The Kier molecular flexibility index (Phi) is 8.11. The fourth-order valence-corrected chi connectivity index (χ4v) is 3.13. The van der Waals surface area contributed by atoms with Crippen LogP contribution in [0.4, 0.5) is 11.4 Å². The van der Waals surface area contributed by atoms with Gasteiger partial charge in [0, 0.05) is 18.7 Å². The molecule has 0 aromatic heterocycles. The summed E-state index contributed by atoms with van der Waals surface area (Å²) in [5.41, 5.74) is 0.811. The molecule has 154 valence electrons. The highest BCUT2D eigenvalue weighted by Gasteiger charge is 2.28. The Labute approximate surface area is 174 Å². The minimum absolute atomic E-state index is 0.0469. The van der Waals surface area contributed by atoms with Crippen molar-refractivity contribution in [1.29, 1.82) is 0 Å². The van der Waals surface area contributed by atoms with Gasteiger partial charge in [0.25, 0.3) is 5.69 Å². The molecule has 0 unspecified atom stereocenters. The van der Waals surface area contributed by atoms with E-state index in [2.05, 4.69) is 10.6 Å². The molecule has 0 spiro atoms. The van der Waals surface area contributed by atoms with Crippen molar-refractivity contribution >= 4 is 34.8 Å². The smallest absolute Gasteiger partial charge is 0.271 e. The Morgan fingerprint density at radius 3 is 2.41 bits per heavy atom. The number of anilines is 1. The third kappa shape index (κ3) is 6.00. The number of nitro groups is 1. The van der Waals surface area contributed by atoms with Crippen molar-refractivity contribution in [3.63, 3.8) is 0 Å². The summed E-state index contributed by atoms with van der Waals surface area (Å²) in [5, 5.41) is 16.4. The Hall–Kier alpha value is -2.97. The van der Waals surface area contributed by atoms with Crippen molar-refractivity contribution in [2.24, 2.45) is 0 Å². The van der Waals surface area contributed by atoms with Crippen LogP contribution in [0.2, 0.25) is 5.02 Å². The number of nitro benzene ring substituents is 1. The Morgan fingerprint density at radius 1 is 1.17 bits per heavy atom. The second kappa shape index (κ2) is 10.5. The highest BCUT2D eigenvalue weighted by Crippen LogP contribution is 2.29. The minimum atomic E-state index is -0.741. The monoisotopic (exact) mass is 418 g/mol. The largest absolute Gasteiger partial charge is 0.355 e. The van der Waals surface area contributed by atoms with Crippen molar-refractivity contribution in [3.05, 3.63) is 69.2 Å². The first-order valence-electron chi connectivity index (χ1n) is 9.17. The van der Waals surface area contributed by atoms with Gasteiger partial charge in [0.05, 0.1) is 22.2 Å². The number of benzene rings is 2. The van der Waals surface area contributed by atoms with Gasteiger partial charge in [0.2, 0.25) is 11.8 Å². The lowest BCUT2D eigenvalue weighted by molar-refractivity contribution is -0.384. The minimum Gasteiger partial charge on any atom is -0.355 e. The third-order valence-corrected chi connectivity index (χ3v) is 4.59. The van der Waals surface area contributed by atoms with E-state index in [0.717, 1.165) is 0 Å². The van der Waals surface area contributed by atoms with Crippen LogP contribution in [0.25, 0.3) is 0 Å². The standard InChI is InChI=1S/C20H23ClN4O4/c1-3-22-18(26)13-24(4-2)19(14-8-6-5-7-9-14)20(27)23-17-11-10-15(25(28)29)12-16(17)21/h5-12,19H,3-4,13H2,1-2H3,(H,22,26)(H,23,27)/t19-/m1/s1. The molecule has 2 aromatic rings. The summed E-state index contributed by atoms with van der Waals surface area (Å²) < 4.78 is 0. The van der Waals surface area contributed by atoms with Gasteiger partial charge < -0.3 is 10.6 Å². The fraction of sp³-hybridized carbons (Fsp3) is 0.300. The van der Waals surface area contributed by atoms with E-state index in [1.54, 1.807) is 4.90 Å². The Balaban J connectivity index is 2.32. The molecule has 1 atom stereocenters. The number of rotatable bonds is 9. The number of nitrogens with one attached hydrogen (secondary N) is 2. The molecule has 0 heterocycles. The van der Waals surface area contributed by atoms with Crippen LogP contribution < -0.4 is 10.6 Å². The van der Waals surface area contributed by atoms with E-state index < -0.39 is 16.9 Å². The zero-order valence-corrected chi connectivity index (χ0v) is 17.0. The van der Waals surface area contributed by atoms with E-state index in [4.69, 9.17) is 11.6 Å². The van der Waals surface area contributed by atoms with Crippen molar-refractivity contribution in [2.45, 2.75) is 19.9 Å². The molecule has 29 heavy (non-hydrogen) atoms. The normalized spacial score (nSPS) is 11.7. The third-order valence-electron chi connectivity index (χ3n) is 4.28. The number of likely N-dealkylation sites (N-methyl/N-ethyl adjacent to an activating group) is 2. The van der Waals surface area contributed by atoms with Crippen LogP contribution in [0.1, 0.15) is 25.5 Å². The molecule has 9 heteroatoms. The molecule has 2 N–H and O–H groups in total. The molecule has 8 nitrogen and oxygen atoms in total. The lowest BCUT2D eigenvalue weighted by Crippen LogP contribution is -2.43. The molecule has 0 fully saturated rings. The first-order valence-corrected chi connectivity index (χ1v) is 9.55. The van der Waals surface area contributed by atoms with Crippen LogP contribution in [-0.4, -0.2) is 41.3 Å². The highest BCUT2D eigenvalue weighted by atomic mass is 35.5. The molecular weight excluding hydrogens is 396 g/mol. The van der Waals surface area contributed by atoms with Crippen LogP contribution in [0, 0.1) is 10.1 Å². The number of carbonyl (C=O) groups excluding carboxylic acids is 2. The number of halogens is 1. The van der Waals surface area contributed by atoms with Gasteiger partial charge in [0.15, 0.2) is 0 Å². The number of nitrogens with zero attached hydrogens (tertiary/aromatic N) is 2. The molecule has 2 aromatic carbocycles. The van der Waals surface area contributed by atoms with Gasteiger partial charge in [-0.15, -0.1) is 0 Å². The van der Waals surface area contributed by atoms with Crippen molar-refractivity contribution in [1.82, 2.24) is 10.2 Å². The number of hydrogen-bond donors (Lipinski definition) is 2. The molecule has 0 aliphatic rings. The fourth-order valence-electron chi connectivity index (χ4n) is 2.91. The molecule has 0 bridgehead atoms. The van der Waals surface area contributed by atoms with Crippen molar-refractivity contribution in [2.75, 3.05) is 25.0 Å². The molecule has 0 saturated heterocycles. The maximum absolute atomic E-state index is 13.1. The summed E-state index contributed by atoms with van der Waals surface area (Å²) in [6.07, 6.45) is 0.